The zero-order valence-electron chi connectivity index (χ0n) is 8.54. The Bertz CT molecular complexity index is 184. The molecular weight excluding hydrogens is 184 g/mol. The van der Waals surface area contributed by atoms with Gasteiger partial charge in [-0.3, -0.25) is 0 Å². The third-order valence-electron chi connectivity index (χ3n) is 1.94. The molecule has 0 aliphatic carbocycles. The zero-order valence-corrected chi connectivity index (χ0v) is 9.36. The molecule has 76 valence electrons. The molecule has 0 amide bonds. The van der Waals surface area contributed by atoms with Crippen LogP contribution in [0.15, 0.2) is 0 Å². The molecule has 0 saturated carbocycles. The molecule has 1 aliphatic rings. The Balaban J connectivity index is 2.37. The van der Waals surface area contributed by atoms with Gasteiger partial charge in [0.2, 0.25) is 0 Å². The summed E-state index contributed by atoms with van der Waals surface area (Å²) >= 11 is 5.26. The summed E-state index contributed by atoms with van der Waals surface area (Å²) < 4.78 is 5.43. The van der Waals surface area contributed by atoms with Crippen molar-refractivity contribution >= 4 is 17.3 Å². The highest BCUT2D eigenvalue weighted by molar-refractivity contribution is 7.80. The number of nitrogens with one attached hydrogen (secondary N) is 1. The zero-order chi connectivity index (χ0) is 9.84. The summed E-state index contributed by atoms with van der Waals surface area (Å²) in [4.78, 5) is 2.17. The second-order valence-electron chi connectivity index (χ2n) is 3.73. The first-order valence-electron chi connectivity index (χ1n) is 4.76. The lowest BCUT2D eigenvalue weighted by atomic mass is 10.3. The van der Waals surface area contributed by atoms with E-state index in [2.05, 4.69) is 31.0 Å². The fraction of sp³-hybridized carbons (Fsp3) is 0.889. The van der Waals surface area contributed by atoms with Crippen LogP contribution < -0.4 is 5.32 Å². The minimum Gasteiger partial charge on any atom is -0.375 e. The number of nitrogens with zero attached hydrogens (tertiary/aromatic N) is 1. The van der Waals surface area contributed by atoms with Gasteiger partial charge in [0, 0.05) is 19.1 Å². The first kappa shape index (κ1) is 10.7. The smallest absolute Gasteiger partial charge is 0.169 e. The molecule has 1 aliphatic heterocycles. The fourth-order valence-electron chi connectivity index (χ4n) is 1.34. The van der Waals surface area contributed by atoms with Crippen LogP contribution in [-0.4, -0.2) is 41.9 Å². The summed E-state index contributed by atoms with van der Waals surface area (Å²) in [6.45, 7) is 8.85. The van der Waals surface area contributed by atoms with Crippen LogP contribution in [0.4, 0.5) is 0 Å². The Morgan fingerprint density at radius 3 is 2.85 bits per heavy atom. The van der Waals surface area contributed by atoms with Gasteiger partial charge in [0.15, 0.2) is 5.11 Å². The summed E-state index contributed by atoms with van der Waals surface area (Å²) in [5, 5.41) is 4.09. The van der Waals surface area contributed by atoms with E-state index < -0.39 is 0 Å². The largest absolute Gasteiger partial charge is 0.375 e. The van der Waals surface area contributed by atoms with E-state index in [4.69, 9.17) is 17.0 Å². The molecule has 3 nitrogen and oxygen atoms in total. The van der Waals surface area contributed by atoms with Gasteiger partial charge in [-0.25, -0.2) is 0 Å². The average molecular weight is 202 g/mol. The molecule has 1 unspecified atom stereocenters. The first-order chi connectivity index (χ1) is 6.09. The second-order valence-corrected chi connectivity index (χ2v) is 4.12. The maximum atomic E-state index is 5.43. The van der Waals surface area contributed by atoms with Gasteiger partial charge in [-0.1, -0.05) is 0 Å². The van der Waals surface area contributed by atoms with E-state index in [-0.39, 0.29) is 0 Å². The number of hydrogen-bond acceptors (Lipinski definition) is 2. The molecule has 0 aromatic carbocycles. The molecule has 13 heavy (non-hydrogen) atoms. The third-order valence-corrected chi connectivity index (χ3v) is 2.32. The second kappa shape index (κ2) is 4.77. The Hall–Kier alpha value is -0.350. The van der Waals surface area contributed by atoms with Crippen molar-refractivity contribution in [3.8, 4) is 0 Å². The third kappa shape index (κ3) is 3.48. The van der Waals surface area contributed by atoms with Gasteiger partial charge in [-0.05, 0) is 33.0 Å². The van der Waals surface area contributed by atoms with E-state index in [9.17, 15) is 0 Å². The van der Waals surface area contributed by atoms with Crippen molar-refractivity contribution in [3.05, 3.63) is 0 Å². The number of morpholine rings is 1. The van der Waals surface area contributed by atoms with Gasteiger partial charge < -0.3 is 15.0 Å². The minimum absolute atomic E-state index is 0.292. The molecule has 4 heteroatoms. The van der Waals surface area contributed by atoms with Crippen molar-refractivity contribution in [2.45, 2.75) is 32.9 Å². The van der Waals surface area contributed by atoms with E-state index in [1.807, 2.05) is 0 Å². The number of ether oxygens (including phenoxy) is 1. The van der Waals surface area contributed by atoms with Gasteiger partial charge in [0.05, 0.1) is 12.7 Å². The van der Waals surface area contributed by atoms with Gasteiger partial charge in [0.25, 0.3) is 0 Å². The number of thiocarbonyl (C=S) groups is 1. The van der Waals surface area contributed by atoms with Crippen molar-refractivity contribution in [2.24, 2.45) is 0 Å². The molecule has 0 radical (unpaired) electrons. The Morgan fingerprint density at radius 1 is 1.62 bits per heavy atom. The predicted molar refractivity (Wildman–Crippen MR) is 57.9 cm³/mol. The molecule has 1 rings (SSSR count). The first-order valence-corrected chi connectivity index (χ1v) is 5.17. The quantitative estimate of drug-likeness (QED) is 0.641. The van der Waals surface area contributed by atoms with Gasteiger partial charge in [0.1, 0.15) is 0 Å². The van der Waals surface area contributed by atoms with Crippen molar-refractivity contribution in [2.75, 3.05) is 19.7 Å². The van der Waals surface area contributed by atoms with E-state index in [1.165, 1.54) is 0 Å². The van der Waals surface area contributed by atoms with Crippen LogP contribution in [0.3, 0.4) is 0 Å². The van der Waals surface area contributed by atoms with Crippen molar-refractivity contribution in [1.82, 2.24) is 10.2 Å². The van der Waals surface area contributed by atoms with Crippen LogP contribution in [0, 0.1) is 0 Å². The molecule has 0 bridgehead atoms. The highest BCUT2D eigenvalue weighted by atomic mass is 32.1. The molecule has 1 N–H and O–H groups in total. The van der Waals surface area contributed by atoms with E-state index in [0.29, 0.717) is 12.1 Å². The molecule has 1 atom stereocenters. The van der Waals surface area contributed by atoms with Crippen LogP contribution in [0.1, 0.15) is 20.8 Å². The van der Waals surface area contributed by atoms with E-state index >= 15 is 0 Å². The lowest BCUT2D eigenvalue weighted by Crippen LogP contribution is -2.50. The van der Waals surface area contributed by atoms with Gasteiger partial charge in [-0.2, -0.15) is 0 Å². The van der Waals surface area contributed by atoms with Gasteiger partial charge >= 0.3 is 0 Å². The molecular formula is C9H18N2OS. The van der Waals surface area contributed by atoms with Crippen LogP contribution >= 0.6 is 12.2 Å². The predicted octanol–water partition coefficient (Wildman–Crippen LogP) is 0.990. The summed E-state index contributed by atoms with van der Waals surface area (Å²) in [5.41, 5.74) is 0. The van der Waals surface area contributed by atoms with Crippen molar-refractivity contribution in [1.29, 1.82) is 0 Å². The lowest BCUT2D eigenvalue weighted by Gasteiger charge is -2.33. The molecule has 0 aromatic rings. The number of hydrogen-bond donors (Lipinski definition) is 1. The summed E-state index contributed by atoms with van der Waals surface area (Å²) in [5.74, 6) is 0. The molecule has 1 fully saturated rings. The fourth-order valence-corrected chi connectivity index (χ4v) is 1.74. The molecule has 0 spiro atoms. The molecule has 1 heterocycles. The van der Waals surface area contributed by atoms with Crippen molar-refractivity contribution in [3.63, 3.8) is 0 Å². The standard InChI is InChI=1S/C9H18N2OS/c1-7(2)10-9(13)11-4-5-12-8(3)6-11/h7-8H,4-6H2,1-3H3,(H,10,13). The topological polar surface area (TPSA) is 24.5 Å². The van der Waals surface area contributed by atoms with E-state index in [1.54, 1.807) is 0 Å². The highest BCUT2D eigenvalue weighted by Gasteiger charge is 2.18. The van der Waals surface area contributed by atoms with E-state index in [0.717, 1.165) is 24.8 Å². The van der Waals surface area contributed by atoms with Crippen molar-refractivity contribution < 1.29 is 4.74 Å². The maximum absolute atomic E-state index is 5.43. The monoisotopic (exact) mass is 202 g/mol. The highest BCUT2D eigenvalue weighted by Crippen LogP contribution is 2.04. The number of rotatable bonds is 1. The minimum atomic E-state index is 0.292. The van der Waals surface area contributed by atoms with Crippen LogP contribution in [0.2, 0.25) is 0 Å². The summed E-state index contributed by atoms with van der Waals surface area (Å²) in [6.07, 6.45) is 0.292. The average Bonchev–Trinajstić information content (AvgIpc) is 2.03. The van der Waals surface area contributed by atoms with Crippen LogP contribution in [0.25, 0.3) is 0 Å². The molecule has 1 saturated heterocycles. The Kier molecular flexibility index (Phi) is 3.93. The van der Waals surface area contributed by atoms with Gasteiger partial charge in [-0.15, -0.1) is 0 Å². The van der Waals surface area contributed by atoms with Crippen LogP contribution in [-0.2, 0) is 4.74 Å². The Labute approximate surface area is 85.4 Å². The summed E-state index contributed by atoms with van der Waals surface area (Å²) in [7, 11) is 0. The normalized spacial score (nSPS) is 23.4. The Morgan fingerprint density at radius 2 is 2.31 bits per heavy atom. The summed E-state index contributed by atoms with van der Waals surface area (Å²) in [6, 6.07) is 0.408. The molecule has 0 aromatic heterocycles. The maximum Gasteiger partial charge on any atom is 0.169 e. The lowest BCUT2D eigenvalue weighted by molar-refractivity contribution is 0.00542. The SMILES string of the molecule is CC(C)NC(=S)N1CCOC(C)C1. The van der Waals surface area contributed by atoms with Crippen LogP contribution in [0.5, 0.6) is 0 Å².